The molecule has 134 valence electrons. The molecule has 0 spiro atoms. The van der Waals surface area contributed by atoms with Gasteiger partial charge in [-0.2, -0.15) is 4.31 Å². The van der Waals surface area contributed by atoms with Crippen LogP contribution in [0.5, 0.6) is 5.75 Å². The van der Waals surface area contributed by atoms with E-state index < -0.39 is 28.2 Å². The van der Waals surface area contributed by atoms with Crippen LogP contribution in [0.25, 0.3) is 0 Å². The molecule has 2 aromatic rings. The lowest BCUT2D eigenvalue weighted by molar-refractivity contribution is -0.136. The SMILES string of the molecule is COc1ccc(CN(Cc2ccccc2)S(=O)(=O)CCC(=O)O)cc1. The fraction of sp³-hybridized carbons (Fsp3) is 0.278. The van der Waals surface area contributed by atoms with Gasteiger partial charge in [-0.15, -0.1) is 0 Å². The van der Waals surface area contributed by atoms with E-state index in [0.29, 0.717) is 5.75 Å². The van der Waals surface area contributed by atoms with Crippen molar-refractivity contribution in [3.63, 3.8) is 0 Å². The van der Waals surface area contributed by atoms with Gasteiger partial charge < -0.3 is 9.84 Å². The van der Waals surface area contributed by atoms with Crippen molar-refractivity contribution in [2.75, 3.05) is 12.9 Å². The van der Waals surface area contributed by atoms with Gasteiger partial charge in [-0.05, 0) is 23.3 Å². The van der Waals surface area contributed by atoms with Gasteiger partial charge in [0.2, 0.25) is 10.0 Å². The van der Waals surface area contributed by atoms with Crippen molar-refractivity contribution >= 4 is 16.0 Å². The van der Waals surface area contributed by atoms with Gasteiger partial charge in [0.1, 0.15) is 5.75 Å². The summed E-state index contributed by atoms with van der Waals surface area (Å²) < 4.78 is 31.6. The topological polar surface area (TPSA) is 83.9 Å². The second-order valence-electron chi connectivity index (χ2n) is 5.56. The van der Waals surface area contributed by atoms with Gasteiger partial charge in [-0.1, -0.05) is 42.5 Å². The van der Waals surface area contributed by atoms with Crippen LogP contribution in [0.4, 0.5) is 0 Å². The average molecular weight is 363 g/mol. The highest BCUT2D eigenvalue weighted by Crippen LogP contribution is 2.18. The smallest absolute Gasteiger partial charge is 0.304 e. The highest BCUT2D eigenvalue weighted by atomic mass is 32.2. The van der Waals surface area contributed by atoms with E-state index in [4.69, 9.17) is 9.84 Å². The summed E-state index contributed by atoms with van der Waals surface area (Å²) in [6.45, 7) is 0.357. The molecule has 0 aliphatic rings. The summed E-state index contributed by atoms with van der Waals surface area (Å²) >= 11 is 0. The Kier molecular flexibility index (Phi) is 6.55. The van der Waals surface area contributed by atoms with Gasteiger partial charge in [0, 0.05) is 13.1 Å². The number of sulfonamides is 1. The number of hydrogen-bond donors (Lipinski definition) is 1. The quantitative estimate of drug-likeness (QED) is 0.740. The Morgan fingerprint density at radius 3 is 2.08 bits per heavy atom. The lowest BCUT2D eigenvalue weighted by Crippen LogP contribution is -2.33. The molecule has 0 aliphatic carbocycles. The molecule has 0 bridgehead atoms. The number of carbonyl (C=O) groups is 1. The minimum Gasteiger partial charge on any atom is -0.497 e. The maximum atomic E-state index is 12.6. The zero-order chi connectivity index (χ0) is 18.3. The van der Waals surface area contributed by atoms with Crippen molar-refractivity contribution in [2.24, 2.45) is 0 Å². The number of hydrogen-bond acceptors (Lipinski definition) is 4. The van der Waals surface area contributed by atoms with E-state index in [9.17, 15) is 13.2 Å². The molecule has 0 saturated heterocycles. The number of ether oxygens (including phenoxy) is 1. The van der Waals surface area contributed by atoms with Crippen LogP contribution in [0.2, 0.25) is 0 Å². The average Bonchev–Trinajstić information content (AvgIpc) is 2.61. The first kappa shape index (κ1) is 19.0. The van der Waals surface area contributed by atoms with Gasteiger partial charge >= 0.3 is 5.97 Å². The Hall–Kier alpha value is -2.38. The van der Waals surface area contributed by atoms with Crippen LogP contribution in [0, 0.1) is 0 Å². The Bertz CT molecular complexity index is 788. The van der Waals surface area contributed by atoms with Crippen LogP contribution < -0.4 is 4.74 Å². The first-order chi connectivity index (χ1) is 11.9. The summed E-state index contributed by atoms with van der Waals surface area (Å²) in [5.74, 6) is -0.870. The summed E-state index contributed by atoms with van der Waals surface area (Å²) in [6, 6.07) is 16.3. The molecule has 0 radical (unpaired) electrons. The van der Waals surface area contributed by atoms with Crippen molar-refractivity contribution in [3.05, 3.63) is 65.7 Å². The number of methoxy groups -OCH3 is 1. The third-order valence-electron chi connectivity index (χ3n) is 3.69. The first-order valence-corrected chi connectivity index (χ1v) is 9.38. The van der Waals surface area contributed by atoms with Gasteiger partial charge in [0.25, 0.3) is 0 Å². The monoisotopic (exact) mass is 363 g/mol. The maximum absolute atomic E-state index is 12.6. The molecule has 0 aromatic heterocycles. The fourth-order valence-electron chi connectivity index (χ4n) is 2.32. The largest absolute Gasteiger partial charge is 0.497 e. The molecule has 1 N–H and O–H groups in total. The van der Waals surface area contributed by atoms with Crippen LogP contribution in [0.15, 0.2) is 54.6 Å². The number of carboxylic acids is 1. The summed E-state index contributed by atoms with van der Waals surface area (Å²) in [5, 5.41) is 8.80. The third-order valence-corrected chi connectivity index (χ3v) is 5.45. The van der Waals surface area contributed by atoms with Crippen LogP contribution in [-0.2, 0) is 27.9 Å². The van der Waals surface area contributed by atoms with E-state index in [1.54, 1.807) is 31.4 Å². The molecule has 0 heterocycles. The molecular formula is C18H21NO5S. The van der Waals surface area contributed by atoms with E-state index in [-0.39, 0.29) is 13.1 Å². The van der Waals surface area contributed by atoms with E-state index in [0.717, 1.165) is 11.1 Å². The van der Waals surface area contributed by atoms with Crippen molar-refractivity contribution in [2.45, 2.75) is 19.5 Å². The second kappa shape index (κ2) is 8.64. The molecule has 2 aromatic carbocycles. The predicted octanol–water partition coefficient (Wildman–Crippen LogP) is 2.50. The summed E-state index contributed by atoms with van der Waals surface area (Å²) in [4.78, 5) is 10.8. The molecule has 0 fully saturated rings. The zero-order valence-corrected chi connectivity index (χ0v) is 14.8. The third kappa shape index (κ3) is 5.88. The van der Waals surface area contributed by atoms with Crippen LogP contribution in [-0.4, -0.2) is 36.7 Å². The van der Waals surface area contributed by atoms with Crippen LogP contribution in [0.1, 0.15) is 17.5 Å². The van der Waals surface area contributed by atoms with Crippen molar-refractivity contribution in [1.82, 2.24) is 4.31 Å². The predicted molar refractivity (Wildman–Crippen MR) is 94.7 cm³/mol. The van der Waals surface area contributed by atoms with E-state index in [1.165, 1.54) is 4.31 Å². The Balaban J connectivity index is 2.22. The molecule has 0 amide bonds. The summed E-state index contributed by atoms with van der Waals surface area (Å²) in [7, 11) is -2.15. The van der Waals surface area contributed by atoms with Gasteiger partial charge in [0.15, 0.2) is 0 Å². The molecule has 0 saturated carbocycles. The van der Waals surface area contributed by atoms with E-state index in [1.807, 2.05) is 30.3 Å². The molecular weight excluding hydrogens is 342 g/mol. The lowest BCUT2D eigenvalue weighted by Gasteiger charge is -2.22. The molecule has 0 unspecified atom stereocenters. The molecule has 25 heavy (non-hydrogen) atoms. The van der Waals surface area contributed by atoms with E-state index in [2.05, 4.69) is 0 Å². The fourth-order valence-corrected chi connectivity index (χ4v) is 3.70. The normalized spacial score (nSPS) is 11.4. The van der Waals surface area contributed by atoms with Crippen molar-refractivity contribution < 1.29 is 23.1 Å². The first-order valence-electron chi connectivity index (χ1n) is 7.77. The molecule has 0 atom stereocenters. The Morgan fingerprint density at radius 2 is 1.56 bits per heavy atom. The summed E-state index contributed by atoms with van der Waals surface area (Å²) in [6.07, 6.45) is -0.420. The standard InChI is InChI=1S/C18H21NO5S/c1-24-17-9-7-16(8-10-17)14-19(13-15-5-3-2-4-6-15)25(22,23)12-11-18(20)21/h2-10H,11-14H2,1H3,(H,20,21). The van der Waals surface area contributed by atoms with Crippen LogP contribution in [0.3, 0.4) is 0 Å². The number of benzene rings is 2. The molecule has 0 aliphatic heterocycles. The van der Waals surface area contributed by atoms with Gasteiger partial charge in [0.05, 0.1) is 19.3 Å². The van der Waals surface area contributed by atoms with Crippen molar-refractivity contribution in [1.29, 1.82) is 0 Å². The molecule has 7 heteroatoms. The highest BCUT2D eigenvalue weighted by molar-refractivity contribution is 7.89. The number of aliphatic carboxylic acids is 1. The second-order valence-corrected chi connectivity index (χ2v) is 7.65. The van der Waals surface area contributed by atoms with Gasteiger partial charge in [-0.3, -0.25) is 4.79 Å². The van der Waals surface area contributed by atoms with E-state index >= 15 is 0 Å². The Labute approximate surface area is 147 Å². The highest BCUT2D eigenvalue weighted by Gasteiger charge is 2.23. The molecule has 2 rings (SSSR count). The Morgan fingerprint density at radius 1 is 1.00 bits per heavy atom. The minimum absolute atomic E-state index is 0.168. The zero-order valence-electron chi connectivity index (χ0n) is 14.0. The number of carboxylic acid groups (broad SMARTS) is 1. The number of rotatable bonds is 9. The maximum Gasteiger partial charge on any atom is 0.304 e. The van der Waals surface area contributed by atoms with Gasteiger partial charge in [-0.25, -0.2) is 8.42 Å². The molecule has 6 nitrogen and oxygen atoms in total. The van der Waals surface area contributed by atoms with Crippen LogP contribution >= 0.6 is 0 Å². The lowest BCUT2D eigenvalue weighted by atomic mass is 10.2. The van der Waals surface area contributed by atoms with Crippen molar-refractivity contribution in [3.8, 4) is 5.75 Å². The number of nitrogens with zero attached hydrogens (tertiary/aromatic N) is 1. The minimum atomic E-state index is -3.71. The summed E-state index contributed by atoms with van der Waals surface area (Å²) in [5.41, 5.74) is 1.64.